The summed E-state index contributed by atoms with van der Waals surface area (Å²) in [5.41, 5.74) is 4.47. The molecule has 0 spiro atoms. The molecule has 0 radical (unpaired) electrons. The quantitative estimate of drug-likeness (QED) is 0.742. The molecule has 1 N–H and O–H groups in total. The van der Waals surface area contributed by atoms with Crippen molar-refractivity contribution < 1.29 is 5.11 Å². The van der Waals surface area contributed by atoms with Crippen molar-refractivity contribution in [2.75, 3.05) is 20.1 Å². The second-order valence-electron chi connectivity index (χ2n) is 4.30. The number of aliphatic hydroxyl groups is 1. The van der Waals surface area contributed by atoms with E-state index in [1.807, 2.05) is 6.92 Å². The lowest BCUT2D eigenvalue weighted by Gasteiger charge is -2.10. The summed E-state index contributed by atoms with van der Waals surface area (Å²) in [4.78, 5) is 6.92. The van der Waals surface area contributed by atoms with Gasteiger partial charge in [0.1, 0.15) is 0 Å². The van der Waals surface area contributed by atoms with Crippen LogP contribution in [0.4, 0.5) is 0 Å². The summed E-state index contributed by atoms with van der Waals surface area (Å²) >= 11 is 0. The Bertz CT molecular complexity index is 363. The van der Waals surface area contributed by atoms with Crippen molar-refractivity contribution in [3.63, 3.8) is 0 Å². The molecule has 15 heavy (non-hydrogen) atoms. The lowest BCUT2D eigenvalue weighted by atomic mass is 10.0. The molecule has 0 atom stereocenters. The van der Waals surface area contributed by atoms with Crippen LogP contribution in [0.5, 0.6) is 0 Å². The zero-order chi connectivity index (χ0) is 10.8. The van der Waals surface area contributed by atoms with Crippen LogP contribution < -0.4 is 0 Å². The van der Waals surface area contributed by atoms with Gasteiger partial charge in [0.25, 0.3) is 0 Å². The summed E-state index contributed by atoms with van der Waals surface area (Å²) in [6.45, 7) is 4.24. The standard InChI is InChI=1S/C12H18N2O/c1-9-11(8-15)7-10-3-5-14(2)6-4-12(10)13-9/h7,15H,3-6,8H2,1-2H3. The fourth-order valence-corrected chi connectivity index (χ4v) is 2.06. The number of pyridine rings is 1. The molecule has 2 rings (SSSR count). The van der Waals surface area contributed by atoms with E-state index in [9.17, 15) is 5.11 Å². The molecule has 0 amide bonds. The topological polar surface area (TPSA) is 36.4 Å². The summed E-state index contributed by atoms with van der Waals surface area (Å²) in [6.07, 6.45) is 2.07. The Morgan fingerprint density at radius 1 is 1.40 bits per heavy atom. The molecule has 1 aliphatic heterocycles. The molecule has 0 bridgehead atoms. The first-order chi connectivity index (χ1) is 7.20. The number of aromatic nitrogens is 1. The highest BCUT2D eigenvalue weighted by atomic mass is 16.3. The van der Waals surface area contributed by atoms with E-state index in [0.717, 1.165) is 37.2 Å². The monoisotopic (exact) mass is 206 g/mol. The van der Waals surface area contributed by atoms with Crippen molar-refractivity contribution >= 4 is 0 Å². The zero-order valence-corrected chi connectivity index (χ0v) is 9.45. The third-order valence-electron chi connectivity index (χ3n) is 3.15. The maximum atomic E-state index is 9.19. The van der Waals surface area contributed by atoms with Gasteiger partial charge < -0.3 is 10.0 Å². The number of likely N-dealkylation sites (N-methyl/N-ethyl adjacent to an activating group) is 1. The van der Waals surface area contributed by atoms with Gasteiger partial charge in [-0.25, -0.2) is 0 Å². The summed E-state index contributed by atoms with van der Waals surface area (Å²) in [5.74, 6) is 0. The Kier molecular flexibility index (Phi) is 3.03. The Morgan fingerprint density at radius 3 is 2.87 bits per heavy atom. The SMILES string of the molecule is Cc1nc2c(cc1CO)CCN(C)CC2. The first-order valence-electron chi connectivity index (χ1n) is 5.48. The number of aryl methyl sites for hydroxylation is 1. The predicted octanol–water partition coefficient (Wildman–Crippen LogP) is 0.913. The summed E-state index contributed by atoms with van der Waals surface area (Å²) in [7, 11) is 2.14. The minimum Gasteiger partial charge on any atom is -0.392 e. The predicted molar refractivity (Wildman–Crippen MR) is 59.8 cm³/mol. The number of nitrogens with zero attached hydrogens (tertiary/aromatic N) is 2. The van der Waals surface area contributed by atoms with E-state index in [1.165, 1.54) is 11.3 Å². The molecule has 0 aliphatic carbocycles. The normalized spacial score (nSPS) is 17.3. The van der Waals surface area contributed by atoms with Crippen LogP contribution in [-0.4, -0.2) is 35.1 Å². The molecule has 3 nitrogen and oxygen atoms in total. The van der Waals surface area contributed by atoms with E-state index in [0.29, 0.717) is 0 Å². The van der Waals surface area contributed by atoms with Gasteiger partial charge in [0.05, 0.1) is 6.61 Å². The van der Waals surface area contributed by atoms with Gasteiger partial charge in [0.15, 0.2) is 0 Å². The number of rotatable bonds is 1. The third kappa shape index (κ3) is 2.19. The van der Waals surface area contributed by atoms with Crippen molar-refractivity contribution in [1.82, 2.24) is 9.88 Å². The van der Waals surface area contributed by atoms with Crippen LogP contribution in [0.3, 0.4) is 0 Å². The van der Waals surface area contributed by atoms with E-state index in [2.05, 4.69) is 23.0 Å². The smallest absolute Gasteiger partial charge is 0.0699 e. The maximum absolute atomic E-state index is 9.19. The lowest BCUT2D eigenvalue weighted by Crippen LogP contribution is -2.20. The third-order valence-corrected chi connectivity index (χ3v) is 3.15. The first-order valence-corrected chi connectivity index (χ1v) is 5.48. The molecular weight excluding hydrogens is 188 g/mol. The number of aliphatic hydroxyl groups excluding tert-OH is 1. The molecule has 82 valence electrons. The largest absolute Gasteiger partial charge is 0.392 e. The van der Waals surface area contributed by atoms with E-state index in [4.69, 9.17) is 0 Å². The molecule has 0 saturated carbocycles. The van der Waals surface area contributed by atoms with Crippen molar-refractivity contribution in [3.8, 4) is 0 Å². The van der Waals surface area contributed by atoms with Crippen LogP contribution >= 0.6 is 0 Å². The molecule has 2 heterocycles. The van der Waals surface area contributed by atoms with Gasteiger partial charge in [-0.2, -0.15) is 0 Å². The average Bonchev–Trinajstić information content (AvgIpc) is 2.40. The van der Waals surface area contributed by atoms with Gasteiger partial charge >= 0.3 is 0 Å². The number of hydrogen-bond acceptors (Lipinski definition) is 3. The Labute approximate surface area is 90.8 Å². The Balaban J connectivity index is 2.36. The van der Waals surface area contributed by atoms with Crippen molar-refractivity contribution in [2.45, 2.75) is 26.4 Å². The van der Waals surface area contributed by atoms with Crippen LogP contribution in [0.25, 0.3) is 0 Å². The zero-order valence-electron chi connectivity index (χ0n) is 9.45. The Hall–Kier alpha value is -0.930. The van der Waals surface area contributed by atoms with Crippen LogP contribution in [0.15, 0.2) is 6.07 Å². The maximum Gasteiger partial charge on any atom is 0.0699 e. The second-order valence-corrected chi connectivity index (χ2v) is 4.30. The fourth-order valence-electron chi connectivity index (χ4n) is 2.06. The summed E-state index contributed by atoms with van der Waals surface area (Å²) < 4.78 is 0. The van der Waals surface area contributed by atoms with Gasteiger partial charge in [0, 0.05) is 30.9 Å². The summed E-state index contributed by atoms with van der Waals surface area (Å²) in [6, 6.07) is 2.12. The lowest BCUT2D eigenvalue weighted by molar-refractivity contribution is 0.280. The summed E-state index contributed by atoms with van der Waals surface area (Å²) in [5, 5.41) is 9.19. The highest BCUT2D eigenvalue weighted by Crippen LogP contribution is 2.17. The highest BCUT2D eigenvalue weighted by molar-refractivity contribution is 5.31. The molecule has 0 aromatic carbocycles. The Morgan fingerprint density at radius 2 is 2.13 bits per heavy atom. The van der Waals surface area contributed by atoms with E-state index in [-0.39, 0.29) is 6.61 Å². The van der Waals surface area contributed by atoms with Crippen molar-refractivity contribution in [3.05, 3.63) is 28.6 Å². The first kappa shape index (κ1) is 10.6. The van der Waals surface area contributed by atoms with Gasteiger partial charge in [0.2, 0.25) is 0 Å². The minimum atomic E-state index is 0.0992. The molecule has 0 saturated heterocycles. The van der Waals surface area contributed by atoms with E-state index < -0.39 is 0 Å². The molecule has 0 fully saturated rings. The average molecular weight is 206 g/mol. The van der Waals surface area contributed by atoms with E-state index >= 15 is 0 Å². The highest BCUT2D eigenvalue weighted by Gasteiger charge is 2.13. The fraction of sp³-hybridized carbons (Fsp3) is 0.583. The minimum absolute atomic E-state index is 0.0992. The van der Waals surface area contributed by atoms with Gasteiger partial charge in [-0.05, 0) is 37.6 Å². The van der Waals surface area contributed by atoms with Crippen LogP contribution in [0.1, 0.15) is 22.5 Å². The van der Waals surface area contributed by atoms with Gasteiger partial charge in [-0.15, -0.1) is 0 Å². The molecule has 0 unspecified atom stereocenters. The van der Waals surface area contributed by atoms with Crippen molar-refractivity contribution in [2.24, 2.45) is 0 Å². The van der Waals surface area contributed by atoms with Crippen LogP contribution in [-0.2, 0) is 19.4 Å². The van der Waals surface area contributed by atoms with Gasteiger partial charge in [-0.1, -0.05) is 0 Å². The number of fused-ring (bicyclic) bond motifs is 1. The molecular formula is C12H18N2O. The van der Waals surface area contributed by atoms with Crippen LogP contribution in [0, 0.1) is 6.92 Å². The van der Waals surface area contributed by atoms with Gasteiger partial charge in [-0.3, -0.25) is 4.98 Å². The van der Waals surface area contributed by atoms with Crippen LogP contribution in [0.2, 0.25) is 0 Å². The van der Waals surface area contributed by atoms with Crippen molar-refractivity contribution in [1.29, 1.82) is 0 Å². The second kappa shape index (κ2) is 4.29. The van der Waals surface area contributed by atoms with E-state index in [1.54, 1.807) is 0 Å². The molecule has 1 aromatic rings. The number of hydrogen-bond donors (Lipinski definition) is 1. The molecule has 3 heteroatoms. The molecule has 1 aliphatic rings. The molecule has 1 aromatic heterocycles.